The smallest absolute Gasteiger partial charge is 0.270 e. The van der Waals surface area contributed by atoms with Gasteiger partial charge >= 0.3 is 0 Å². The fraction of sp³-hybridized carbons (Fsp3) is 0.226. The number of non-ortho nitro benzene ring substituents is 1. The number of nitrogens with zero attached hydrogens (tertiary/aromatic N) is 5. The first-order valence-corrected chi connectivity index (χ1v) is 13.5. The van der Waals surface area contributed by atoms with Crippen LogP contribution >= 0.6 is 0 Å². The molecule has 1 fully saturated rings. The van der Waals surface area contributed by atoms with Crippen LogP contribution in [0.1, 0.15) is 41.5 Å². The summed E-state index contributed by atoms with van der Waals surface area (Å²) in [4.78, 5) is 25.6. The monoisotopic (exact) mass is 534 g/mol. The molecular weight excluding hydrogens is 504 g/mol. The van der Waals surface area contributed by atoms with E-state index in [0.717, 1.165) is 36.4 Å². The maximum atomic E-state index is 11.5. The quantitative estimate of drug-likeness (QED) is 0.140. The van der Waals surface area contributed by atoms with Gasteiger partial charge in [0.2, 0.25) is 0 Å². The van der Waals surface area contributed by atoms with E-state index in [9.17, 15) is 15.2 Å². The predicted octanol–water partition coefficient (Wildman–Crippen LogP) is 6.18. The third-order valence-corrected chi connectivity index (χ3v) is 7.39. The van der Waals surface area contributed by atoms with Crippen molar-refractivity contribution in [3.8, 4) is 5.88 Å². The van der Waals surface area contributed by atoms with Crippen LogP contribution < -0.4 is 0 Å². The molecule has 2 aromatic heterocycles. The minimum Gasteiger partial charge on any atom is -0.494 e. The van der Waals surface area contributed by atoms with Crippen molar-refractivity contribution >= 4 is 28.0 Å². The summed E-state index contributed by atoms with van der Waals surface area (Å²) in [7, 11) is 0. The Morgan fingerprint density at radius 3 is 2.40 bits per heavy atom. The number of piperidine rings is 1. The Hall–Kier alpha value is -4.76. The first-order chi connectivity index (χ1) is 19.5. The Bertz CT molecular complexity index is 1650. The van der Waals surface area contributed by atoms with Crippen LogP contribution in [0, 0.1) is 10.1 Å². The molecule has 40 heavy (non-hydrogen) atoms. The van der Waals surface area contributed by atoms with Crippen LogP contribution in [-0.2, 0) is 13.1 Å². The Morgan fingerprint density at radius 2 is 1.70 bits per heavy atom. The number of imidazole rings is 1. The van der Waals surface area contributed by atoms with Crippen LogP contribution in [0.2, 0.25) is 0 Å². The zero-order valence-corrected chi connectivity index (χ0v) is 22.0. The van der Waals surface area contributed by atoms with Gasteiger partial charge in [-0.25, -0.2) is 9.98 Å². The Balaban J connectivity index is 1.39. The lowest BCUT2D eigenvalue weighted by Crippen LogP contribution is -2.28. The van der Waals surface area contributed by atoms with Gasteiger partial charge in [0.15, 0.2) is 5.88 Å². The molecule has 1 saturated heterocycles. The summed E-state index contributed by atoms with van der Waals surface area (Å²) in [6, 6.07) is 20.6. The van der Waals surface area contributed by atoms with E-state index in [1.807, 2.05) is 47.2 Å². The van der Waals surface area contributed by atoms with Gasteiger partial charge in [0.25, 0.3) is 5.69 Å². The number of hydrogen-bond donors (Lipinski definition) is 2. The summed E-state index contributed by atoms with van der Waals surface area (Å²) < 4.78 is 1.99. The van der Waals surface area contributed by atoms with E-state index in [1.54, 1.807) is 18.6 Å². The van der Waals surface area contributed by atoms with Crippen LogP contribution in [-0.4, -0.2) is 48.3 Å². The average Bonchev–Trinajstić information content (AvgIpc) is 3.60. The molecule has 0 radical (unpaired) electrons. The molecule has 0 spiro atoms. The van der Waals surface area contributed by atoms with Gasteiger partial charge in [-0.2, -0.15) is 0 Å². The first kappa shape index (κ1) is 25.5. The van der Waals surface area contributed by atoms with E-state index in [1.165, 1.54) is 37.0 Å². The van der Waals surface area contributed by atoms with Crippen molar-refractivity contribution in [1.29, 1.82) is 0 Å². The maximum absolute atomic E-state index is 11.5. The van der Waals surface area contributed by atoms with E-state index in [4.69, 9.17) is 4.99 Å². The molecule has 5 aromatic rings. The van der Waals surface area contributed by atoms with Crippen molar-refractivity contribution in [1.82, 2.24) is 19.4 Å². The highest BCUT2D eigenvalue weighted by molar-refractivity contribution is 6.22. The number of H-pyrrole nitrogens is 1. The molecular formula is C31H30N6O3. The number of aromatic nitrogens is 3. The number of rotatable bonds is 8. The minimum absolute atomic E-state index is 0.0511. The molecule has 3 heterocycles. The van der Waals surface area contributed by atoms with Crippen molar-refractivity contribution in [3.63, 3.8) is 0 Å². The van der Waals surface area contributed by atoms with Crippen LogP contribution in [0.5, 0.6) is 5.88 Å². The maximum Gasteiger partial charge on any atom is 0.270 e. The number of likely N-dealkylation sites (tertiary alicyclic amines) is 1. The Labute approximate surface area is 231 Å². The molecule has 9 nitrogen and oxygen atoms in total. The number of hydrogen-bond acceptors (Lipinski definition) is 6. The normalized spacial score (nSPS) is 14.6. The molecule has 9 heteroatoms. The summed E-state index contributed by atoms with van der Waals surface area (Å²) in [5.74, 6) is -0.0848. The summed E-state index contributed by atoms with van der Waals surface area (Å²) in [6.07, 6.45) is 9.23. The molecule has 0 saturated carbocycles. The fourth-order valence-corrected chi connectivity index (χ4v) is 5.32. The minimum atomic E-state index is -0.434. The molecule has 2 N–H and O–H groups in total. The van der Waals surface area contributed by atoms with Gasteiger partial charge in [-0.05, 0) is 55.3 Å². The second-order valence-corrected chi connectivity index (χ2v) is 10.2. The number of aliphatic imine (C=N–C) groups is 1. The van der Waals surface area contributed by atoms with Gasteiger partial charge in [0, 0.05) is 54.1 Å². The molecule has 202 valence electrons. The number of aromatic amines is 1. The van der Waals surface area contributed by atoms with Gasteiger partial charge < -0.3 is 14.7 Å². The number of nitro benzene ring substituents is 1. The second-order valence-electron chi connectivity index (χ2n) is 10.2. The van der Waals surface area contributed by atoms with E-state index >= 15 is 0 Å². The third kappa shape index (κ3) is 5.50. The second kappa shape index (κ2) is 11.2. The number of nitrogens with one attached hydrogen (secondary N) is 1. The standard InChI is InChI=1S/C31H30N6O3/c38-31-29(27-18-26(37(39)40)12-13-28(27)34-31)30(24-8-4-22(5-9-24)20-36-17-14-32-21-36)33-25-10-6-23(7-11-25)19-35-15-2-1-3-16-35/h4-14,17-18,21,34,38H,1-3,15-16,19-20H2. The van der Waals surface area contributed by atoms with Gasteiger partial charge in [-0.15, -0.1) is 0 Å². The summed E-state index contributed by atoms with van der Waals surface area (Å²) in [5, 5.41) is 23.1. The lowest BCUT2D eigenvalue weighted by molar-refractivity contribution is -0.384. The number of nitro groups is 1. The summed E-state index contributed by atoms with van der Waals surface area (Å²) in [6.45, 7) is 3.86. The van der Waals surface area contributed by atoms with Gasteiger partial charge in [-0.3, -0.25) is 15.0 Å². The topological polar surface area (TPSA) is 113 Å². The number of benzene rings is 3. The van der Waals surface area contributed by atoms with Crippen molar-refractivity contribution in [3.05, 3.63) is 118 Å². The summed E-state index contributed by atoms with van der Waals surface area (Å²) in [5.41, 5.74) is 5.34. The lowest BCUT2D eigenvalue weighted by Gasteiger charge is -2.26. The van der Waals surface area contributed by atoms with Crippen molar-refractivity contribution in [2.45, 2.75) is 32.4 Å². The van der Waals surface area contributed by atoms with Crippen LogP contribution in [0.3, 0.4) is 0 Å². The van der Waals surface area contributed by atoms with E-state index in [-0.39, 0.29) is 11.6 Å². The van der Waals surface area contributed by atoms with Crippen molar-refractivity contribution in [2.75, 3.05) is 13.1 Å². The molecule has 0 atom stereocenters. The number of fused-ring (bicyclic) bond motifs is 1. The third-order valence-electron chi connectivity index (χ3n) is 7.39. The molecule has 0 unspecified atom stereocenters. The van der Waals surface area contributed by atoms with Crippen molar-refractivity contribution in [2.24, 2.45) is 4.99 Å². The highest BCUT2D eigenvalue weighted by Crippen LogP contribution is 2.34. The first-order valence-electron chi connectivity index (χ1n) is 13.5. The van der Waals surface area contributed by atoms with Crippen LogP contribution in [0.15, 0.2) is 90.4 Å². The fourth-order valence-electron chi connectivity index (χ4n) is 5.32. The van der Waals surface area contributed by atoms with Gasteiger partial charge in [-0.1, -0.05) is 42.8 Å². The SMILES string of the molecule is O=[N+]([O-])c1ccc2[nH]c(O)c(C(=Nc3ccc(CN4CCCCC4)cc3)c3ccc(Cn4ccnc4)cc3)c2c1. The molecule has 1 aliphatic rings. The van der Waals surface area contributed by atoms with Crippen molar-refractivity contribution < 1.29 is 10.0 Å². The van der Waals surface area contributed by atoms with Crippen LogP contribution in [0.4, 0.5) is 11.4 Å². The predicted molar refractivity (Wildman–Crippen MR) is 155 cm³/mol. The average molecular weight is 535 g/mol. The zero-order valence-electron chi connectivity index (χ0n) is 22.0. The zero-order chi connectivity index (χ0) is 27.5. The largest absolute Gasteiger partial charge is 0.494 e. The van der Waals surface area contributed by atoms with Crippen LogP contribution in [0.25, 0.3) is 10.9 Å². The molecule has 0 amide bonds. The molecule has 1 aliphatic heterocycles. The Morgan fingerprint density at radius 1 is 0.975 bits per heavy atom. The highest BCUT2D eigenvalue weighted by Gasteiger charge is 2.21. The molecule has 0 aliphatic carbocycles. The molecule has 6 rings (SSSR count). The van der Waals surface area contributed by atoms with E-state index < -0.39 is 4.92 Å². The summed E-state index contributed by atoms with van der Waals surface area (Å²) >= 11 is 0. The van der Waals surface area contributed by atoms with Gasteiger partial charge in [0.05, 0.1) is 28.2 Å². The van der Waals surface area contributed by atoms with Gasteiger partial charge in [0.1, 0.15) is 0 Å². The van der Waals surface area contributed by atoms with E-state index in [2.05, 4.69) is 27.0 Å². The molecule has 3 aromatic carbocycles. The lowest BCUT2D eigenvalue weighted by atomic mass is 9.99. The highest BCUT2D eigenvalue weighted by atomic mass is 16.6. The van der Waals surface area contributed by atoms with E-state index in [0.29, 0.717) is 28.7 Å². The molecule has 0 bridgehead atoms. The number of aromatic hydroxyl groups is 1. The Kier molecular flexibility index (Phi) is 7.11.